The van der Waals surface area contributed by atoms with Crippen LogP contribution in [0.4, 0.5) is 0 Å². The van der Waals surface area contributed by atoms with E-state index in [9.17, 15) is 4.79 Å². The fourth-order valence-electron chi connectivity index (χ4n) is 3.44. The van der Waals surface area contributed by atoms with Crippen LogP contribution in [-0.2, 0) is 4.79 Å². The summed E-state index contributed by atoms with van der Waals surface area (Å²) in [5.41, 5.74) is 5.99. The van der Waals surface area contributed by atoms with E-state index in [0.717, 1.165) is 19.4 Å². The van der Waals surface area contributed by atoms with E-state index in [1.165, 1.54) is 38.5 Å². The third kappa shape index (κ3) is 2.65. The van der Waals surface area contributed by atoms with Crippen LogP contribution in [0.5, 0.6) is 0 Å². The Labute approximate surface area is 105 Å². The second-order valence-electron chi connectivity index (χ2n) is 6.36. The van der Waals surface area contributed by atoms with Gasteiger partial charge in [-0.1, -0.05) is 32.6 Å². The minimum Gasteiger partial charge on any atom is -0.355 e. The van der Waals surface area contributed by atoms with Crippen molar-refractivity contribution in [1.29, 1.82) is 0 Å². The Hall–Kier alpha value is -0.570. The fraction of sp³-hybridized carbons (Fsp3) is 0.929. The summed E-state index contributed by atoms with van der Waals surface area (Å²) >= 11 is 0. The predicted octanol–water partition coefficient (Wildman–Crippen LogP) is 2.20. The van der Waals surface area contributed by atoms with Gasteiger partial charge >= 0.3 is 0 Å². The highest BCUT2D eigenvalue weighted by molar-refractivity contribution is 5.82. The lowest BCUT2D eigenvalue weighted by Crippen LogP contribution is -2.45. The summed E-state index contributed by atoms with van der Waals surface area (Å²) in [6, 6.07) is 0. The van der Waals surface area contributed by atoms with Crippen molar-refractivity contribution in [2.75, 3.05) is 13.1 Å². The zero-order valence-electron chi connectivity index (χ0n) is 11.1. The summed E-state index contributed by atoms with van der Waals surface area (Å²) in [5.74, 6) is 0.259. The molecular weight excluding hydrogens is 212 g/mol. The molecule has 0 aromatic heterocycles. The average molecular weight is 238 g/mol. The van der Waals surface area contributed by atoms with Gasteiger partial charge in [-0.25, -0.2) is 0 Å². The standard InChI is InChI=1S/C14H26N2O/c1-13(6-2-3-7-13)12(17)16-11-14(10-15)8-4-5-9-14/h2-11,15H2,1H3,(H,16,17). The van der Waals surface area contributed by atoms with Crippen LogP contribution in [0.15, 0.2) is 0 Å². The van der Waals surface area contributed by atoms with Crippen molar-refractivity contribution in [1.82, 2.24) is 5.32 Å². The van der Waals surface area contributed by atoms with Gasteiger partial charge in [-0.2, -0.15) is 0 Å². The van der Waals surface area contributed by atoms with E-state index in [4.69, 9.17) is 5.73 Å². The van der Waals surface area contributed by atoms with Crippen molar-refractivity contribution in [3.05, 3.63) is 0 Å². The maximum Gasteiger partial charge on any atom is 0.225 e. The molecule has 0 atom stereocenters. The molecule has 2 aliphatic rings. The Bertz CT molecular complexity index is 276. The number of carbonyl (C=O) groups is 1. The van der Waals surface area contributed by atoms with Crippen LogP contribution in [0.2, 0.25) is 0 Å². The lowest BCUT2D eigenvalue weighted by molar-refractivity contribution is -0.130. The number of rotatable bonds is 4. The van der Waals surface area contributed by atoms with Crippen LogP contribution < -0.4 is 11.1 Å². The number of nitrogens with one attached hydrogen (secondary N) is 1. The van der Waals surface area contributed by atoms with Crippen molar-refractivity contribution in [3.63, 3.8) is 0 Å². The SMILES string of the molecule is CC1(C(=O)NCC2(CN)CCCC2)CCCC1. The Morgan fingerprint density at radius 2 is 1.65 bits per heavy atom. The molecule has 1 amide bonds. The second kappa shape index (κ2) is 4.97. The molecule has 0 aromatic rings. The van der Waals surface area contributed by atoms with Crippen molar-refractivity contribution in [2.24, 2.45) is 16.6 Å². The van der Waals surface area contributed by atoms with E-state index in [2.05, 4.69) is 12.2 Å². The maximum absolute atomic E-state index is 12.2. The van der Waals surface area contributed by atoms with Crippen LogP contribution in [0.1, 0.15) is 58.3 Å². The Balaban J connectivity index is 1.87. The number of nitrogens with two attached hydrogens (primary N) is 1. The normalized spacial score (nSPS) is 26.0. The first kappa shape index (κ1) is 12.9. The lowest BCUT2D eigenvalue weighted by atomic mass is 9.84. The topological polar surface area (TPSA) is 55.1 Å². The zero-order valence-corrected chi connectivity index (χ0v) is 11.1. The van der Waals surface area contributed by atoms with Crippen molar-refractivity contribution in [3.8, 4) is 0 Å². The minimum atomic E-state index is -0.103. The number of hydrogen-bond donors (Lipinski definition) is 2. The van der Waals surface area contributed by atoms with Gasteiger partial charge in [0.2, 0.25) is 5.91 Å². The van der Waals surface area contributed by atoms with Gasteiger partial charge in [0.05, 0.1) is 0 Å². The predicted molar refractivity (Wildman–Crippen MR) is 69.5 cm³/mol. The van der Waals surface area contributed by atoms with E-state index in [1.54, 1.807) is 0 Å². The van der Waals surface area contributed by atoms with Gasteiger partial charge in [0.15, 0.2) is 0 Å². The smallest absolute Gasteiger partial charge is 0.225 e. The highest BCUT2D eigenvalue weighted by Gasteiger charge is 2.38. The van der Waals surface area contributed by atoms with Crippen LogP contribution >= 0.6 is 0 Å². The molecule has 2 rings (SSSR count). The molecular formula is C14H26N2O. The first-order chi connectivity index (χ1) is 8.10. The maximum atomic E-state index is 12.2. The van der Waals surface area contributed by atoms with E-state index in [-0.39, 0.29) is 16.7 Å². The van der Waals surface area contributed by atoms with Gasteiger partial charge in [0, 0.05) is 12.0 Å². The van der Waals surface area contributed by atoms with Crippen LogP contribution in [0.3, 0.4) is 0 Å². The molecule has 2 fully saturated rings. The van der Waals surface area contributed by atoms with Crippen molar-refractivity contribution in [2.45, 2.75) is 58.3 Å². The van der Waals surface area contributed by atoms with Gasteiger partial charge in [0.25, 0.3) is 0 Å². The molecule has 0 aromatic carbocycles. The highest BCUT2D eigenvalue weighted by Crippen LogP contribution is 2.39. The summed E-state index contributed by atoms with van der Waals surface area (Å²) in [5, 5.41) is 3.18. The third-order valence-electron chi connectivity index (χ3n) is 4.98. The van der Waals surface area contributed by atoms with Gasteiger partial charge in [-0.15, -0.1) is 0 Å². The van der Waals surface area contributed by atoms with E-state index in [0.29, 0.717) is 6.54 Å². The first-order valence-corrected chi connectivity index (χ1v) is 7.09. The van der Waals surface area contributed by atoms with Crippen LogP contribution in [0.25, 0.3) is 0 Å². The monoisotopic (exact) mass is 238 g/mol. The molecule has 98 valence electrons. The molecule has 17 heavy (non-hydrogen) atoms. The van der Waals surface area contributed by atoms with E-state index < -0.39 is 0 Å². The van der Waals surface area contributed by atoms with Gasteiger partial charge in [-0.3, -0.25) is 4.79 Å². The Morgan fingerprint density at radius 1 is 1.12 bits per heavy atom. The molecule has 3 heteroatoms. The summed E-state index contributed by atoms with van der Waals surface area (Å²) in [7, 11) is 0. The Morgan fingerprint density at radius 3 is 2.18 bits per heavy atom. The molecule has 2 aliphatic carbocycles. The quantitative estimate of drug-likeness (QED) is 0.789. The highest BCUT2D eigenvalue weighted by atomic mass is 16.2. The average Bonchev–Trinajstić information content (AvgIpc) is 2.96. The largest absolute Gasteiger partial charge is 0.355 e. The van der Waals surface area contributed by atoms with E-state index in [1.807, 2.05) is 0 Å². The molecule has 2 saturated carbocycles. The number of hydrogen-bond acceptors (Lipinski definition) is 2. The number of carbonyl (C=O) groups excluding carboxylic acids is 1. The van der Waals surface area contributed by atoms with Gasteiger partial charge in [-0.05, 0) is 37.6 Å². The summed E-state index contributed by atoms with van der Waals surface area (Å²) in [4.78, 5) is 12.2. The molecule has 0 unspecified atom stereocenters. The summed E-state index contributed by atoms with van der Waals surface area (Å²) in [6.45, 7) is 3.61. The number of amides is 1. The lowest BCUT2D eigenvalue weighted by Gasteiger charge is -2.30. The molecule has 3 N–H and O–H groups in total. The van der Waals surface area contributed by atoms with Crippen LogP contribution in [0, 0.1) is 10.8 Å². The molecule has 0 bridgehead atoms. The molecule has 0 heterocycles. The molecule has 3 nitrogen and oxygen atoms in total. The molecule has 0 radical (unpaired) electrons. The van der Waals surface area contributed by atoms with E-state index >= 15 is 0 Å². The minimum absolute atomic E-state index is 0.103. The molecule has 0 saturated heterocycles. The van der Waals surface area contributed by atoms with Gasteiger partial charge < -0.3 is 11.1 Å². The fourth-order valence-corrected chi connectivity index (χ4v) is 3.44. The van der Waals surface area contributed by atoms with Crippen molar-refractivity contribution >= 4 is 5.91 Å². The van der Waals surface area contributed by atoms with Crippen LogP contribution in [-0.4, -0.2) is 19.0 Å². The first-order valence-electron chi connectivity index (χ1n) is 7.09. The third-order valence-corrected chi connectivity index (χ3v) is 4.98. The molecule has 0 spiro atoms. The summed E-state index contributed by atoms with van der Waals surface area (Å²) in [6.07, 6.45) is 9.40. The van der Waals surface area contributed by atoms with Gasteiger partial charge in [0.1, 0.15) is 0 Å². The molecule has 0 aliphatic heterocycles. The zero-order chi connectivity index (χ0) is 12.4. The Kier molecular flexibility index (Phi) is 3.76. The van der Waals surface area contributed by atoms with Crippen molar-refractivity contribution < 1.29 is 4.79 Å². The second-order valence-corrected chi connectivity index (χ2v) is 6.36. The summed E-state index contributed by atoms with van der Waals surface area (Å²) < 4.78 is 0.